The number of anilines is 1. The van der Waals surface area contributed by atoms with Gasteiger partial charge in [0.15, 0.2) is 5.76 Å². The van der Waals surface area contributed by atoms with Gasteiger partial charge in [-0.3, -0.25) is 4.72 Å². The lowest BCUT2D eigenvalue weighted by Crippen LogP contribution is -2.12. The van der Waals surface area contributed by atoms with Crippen LogP contribution in [0.25, 0.3) is 10.6 Å². The molecule has 3 rings (SSSR count). The van der Waals surface area contributed by atoms with E-state index in [0.717, 1.165) is 0 Å². The van der Waals surface area contributed by atoms with Gasteiger partial charge in [-0.25, -0.2) is 8.42 Å². The van der Waals surface area contributed by atoms with E-state index < -0.39 is 10.0 Å². The highest BCUT2D eigenvalue weighted by molar-refractivity contribution is 7.93. The first-order valence-corrected chi connectivity index (χ1v) is 8.93. The van der Waals surface area contributed by atoms with Crippen LogP contribution in [-0.4, -0.2) is 13.6 Å². The molecule has 22 heavy (non-hydrogen) atoms. The number of halogens is 1. The smallest absolute Gasteiger partial charge is 0.263 e. The molecule has 0 fully saturated rings. The molecule has 0 aliphatic rings. The number of aromatic nitrogens is 1. The number of aryl methyl sites for hydroxylation is 1. The zero-order valence-corrected chi connectivity index (χ0v) is 13.8. The molecule has 2 heterocycles. The molecular formula is C14H11ClN2O3S2. The van der Waals surface area contributed by atoms with E-state index in [1.807, 2.05) is 0 Å². The van der Waals surface area contributed by atoms with Gasteiger partial charge < -0.3 is 4.52 Å². The van der Waals surface area contributed by atoms with Crippen molar-refractivity contribution in [2.24, 2.45) is 0 Å². The first kappa shape index (κ1) is 15.1. The van der Waals surface area contributed by atoms with Crippen LogP contribution in [0.1, 0.15) is 4.88 Å². The van der Waals surface area contributed by atoms with Crippen molar-refractivity contribution in [1.82, 2.24) is 5.16 Å². The third-order valence-electron chi connectivity index (χ3n) is 2.92. The molecule has 3 aromatic rings. The minimum absolute atomic E-state index is 0.212. The molecule has 0 bridgehead atoms. The SMILES string of the molecule is Cc1sc(-c2ccno2)cc1S(=O)(=O)Nc1cccc(Cl)c1. The van der Waals surface area contributed by atoms with Crippen LogP contribution in [0.4, 0.5) is 5.69 Å². The first-order chi connectivity index (χ1) is 10.5. The Morgan fingerprint density at radius 1 is 1.27 bits per heavy atom. The van der Waals surface area contributed by atoms with Gasteiger partial charge in [-0.1, -0.05) is 22.8 Å². The van der Waals surface area contributed by atoms with Crippen LogP contribution < -0.4 is 4.72 Å². The predicted molar refractivity (Wildman–Crippen MR) is 86.8 cm³/mol. The van der Waals surface area contributed by atoms with Crippen molar-refractivity contribution < 1.29 is 12.9 Å². The number of benzene rings is 1. The lowest BCUT2D eigenvalue weighted by Gasteiger charge is -2.07. The lowest BCUT2D eigenvalue weighted by molar-refractivity contribution is 0.433. The molecule has 114 valence electrons. The zero-order valence-electron chi connectivity index (χ0n) is 11.4. The summed E-state index contributed by atoms with van der Waals surface area (Å²) in [6.07, 6.45) is 1.52. The maximum Gasteiger partial charge on any atom is 0.263 e. The number of nitrogens with one attached hydrogen (secondary N) is 1. The van der Waals surface area contributed by atoms with Crippen molar-refractivity contribution in [2.45, 2.75) is 11.8 Å². The maximum atomic E-state index is 12.5. The summed E-state index contributed by atoms with van der Waals surface area (Å²) in [7, 11) is -3.69. The topological polar surface area (TPSA) is 72.2 Å². The standard InChI is InChI=1S/C14H11ClN2O3S2/c1-9-14(8-13(21-9)12-5-6-16-20-12)22(18,19)17-11-4-2-3-10(15)7-11/h2-8,17H,1H3. The van der Waals surface area contributed by atoms with Crippen molar-refractivity contribution in [3.8, 4) is 10.6 Å². The van der Waals surface area contributed by atoms with E-state index in [1.54, 1.807) is 43.3 Å². The van der Waals surface area contributed by atoms with Gasteiger partial charge >= 0.3 is 0 Å². The second kappa shape index (κ2) is 5.75. The van der Waals surface area contributed by atoms with Crippen molar-refractivity contribution in [3.05, 3.63) is 52.5 Å². The van der Waals surface area contributed by atoms with Crippen LogP contribution in [0, 0.1) is 6.92 Å². The summed E-state index contributed by atoms with van der Waals surface area (Å²) in [6.45, 7) is 1.75. The fourth-order valence-corrected chi connectivity index (χ4v) is 4.75. The van der Waals surface area contributed by atoms with E-state index in [-0.39, 0.29) is 4.90 Å². The van der Waals surface area contributed by atoms with Gasteiger partial charge in [0, 0.05) is 16.0 Å². The fourth-order valence-electron chi connectivity index (χ4n) is 1.96. The number of hydrogen-bond donors (Lipinski definition) is 1. The molecule has 0 saturated heterocycles. The molecule has 0 atom stereocenters. The normalized spacial score (nSPS) is 11.5. The average molecular weight is 355 g/mol. The van der Waals surface area contributed by atoms with E-state index in [0.29, 0.717) is 26.2 Å². The molecule has 0 spiro atoms. The lowest BCUT2D eigenvalue weighted by atomic mass is 10.3. The minimum Gasteiger partial charge on any atom is -0.355 e. The molecule has 0 unspecified atom stereocenters. The second-order valence-electron chi connectivity index (χ2n) is 4.52. The van der Waals surface area contributed by atoms with Crippen molar-refractivity contribution in [1.29, 1.82) is 0 Å². The summed E-state index contributed by atoms with van der Waals surface area (Å²) in [5.74, 6) is 0.539. The van der Waals surface area contributed by atoms with Gasteiger partial charge in [-0.2, -0.15) is 0 Å². The Balaban J connectivity index is 1.96. The third-order valence-corrected chi connectivity index (χ3v) is 5.86. The quantitative estimate of drug-likeness (QED) is 0.763. The van der Waals surface area contributed by atoms with E-state index >= 15 is 0 Å². The molecule has 5 nitrogen and oxygen atoms in total. The fraction of sp³-hybridized carbons (Fsp3) is 0.0714. The van der Waals surface area contributed by atoms with Gasteiger partial charge in [0.2, 0.25) is 0 Å². The molecule has 0 aliphatic heterocycles. The summed E-state index contributed by atoms with van der Waals surface area (Å²) < 4.78 is 32.6. The molecule has 2 aromatic heterocycles. The average Bonchev–Trinajstić information content (AvgIpc) is 3.07. The summed E-state index contributed by atoms with van der Waals surface area (Å²) in [5, 5.41) is 4.09. The monoisotopic (exact) mass is 354 g/mol. The first-order valence-electron chi connectivity index (χ1n) is 6.25. The Morgan fingerprint density at radius 3 is 2.77 bits per heavy atom. The van der Waals surface area contributed by atoms with Crippen LogP contribution >= 0.6 is 22.9 Å². The molecule has 0 radical (unpaired) electrons. The number of rotatable bonds is 4. The Bertz CT molecular complexity index is 902. The number of nitrogens with zero attached hydrogens (tertiary/aromatic N) is 1. The summed E-state index contributed by atoms with van der Waals surface area (Å²) in [6, 6.07) is 9.82. The van der Waals surface area contributed by atoms with Gasteiger partial charge in [0.05, 0.1) is 16.8 Å². The highest BCUT2D eigenvalue weighted by Crippen LogP contribution is 2.34. The molecule has 0 aliphatic carbocycles. The zero-order chi connectivity index (χ0) is 15.7. The summed E-state index contributed by atoms with van der Waals surface area (Å²) in [4.78, 5) is 1.59. The summed E-state index contributed by atoms with van der Waals surface area (Å²) >= 11 is 7.20. The second-order valence-corrected chi connectivity index (χ2v) is 7.87. The molecule has 0 amide bonds. The molecule has 8 heteroatoms. The largest absolute Gasteiger partial charge is 0.355 e. The van der Waals surface area contributed by atoms with Crippen LogP contribution in [0.2, 0.25) is 5.02 Å². The molecule has 0 saturated carbocycles. The Labute approximate surface area is 136 Å². The van der Waals surface area contributed by atoms with Crippen LogP contribution in [0.5, 0.6) is 0 Å². The van der Waals surface area contributed by atoms with Crippen molar-refractivity contribution >= 4 is 38.6 Å². The van der Waals surface area contributed by atoms with E-state index in [2.05, 4.69) is 9.88 Å². The van der Waals surface area contributed by atoms with Gasteiger partial charge in [0.1, 0.15) is 4.90 Å². The van der Waals surface area contributed by atoms with Crippen LogP contribution in [0.15, 0.2) is 52.0 Å². The third kappa shape index (κ3) is 3.01. The van der Waals surface area contributed by atoms with Crippen LogP contribution in [0.3, 0.4) is 0 Å². The van der Waals surface area contributed by atoms with Crippen molar-refractivity contribution in [3.63, 3.8) is 0 Å². The van der Waals surface area contributed by atoms with E-state index in [9.17, 15) is 8.42 Å². The maximum absolute atomic E-state index is 12.5. The predicted octanol–water partition coefficient (Wildman–Crippen LogP) is 4.17. The van der Waals surface area contributed by atoms with Gasteiger partial charge in [0.25, 0.3) is 10.0 Å². The van der Waals surface area contributed by atoms with Crippen molar-refractivity contribution in [2.75, 3.05) is 4.72 Å². The Kier molecular flexibility index (Phi) is 3.94. The number of hydrogen-bond acceptors (Lipinski definition) is 5. The van der Waals surface area contributed by atoms with Gasteiger partial charge in [-0.05, 0) is 31.2 Å². The van der Waals surface area contributed by atoms with Crippen LogP contribution in [-0.2, 0) is 10.0 Å². The Hall–Kier alpha value is -1.83. The van der Waals surface area contributed by atoms with Gasteiger partial charge in [-0.15, -0.1) is 11.3 Å². The summed E-state index contributed by atoms with van der Waals surface area (Å²) in [5.41, 5.74) is 0.416. The molecule has 1 aromatic carbocycles. The highest BCUT2D eigenvalue weighted by Gasteiger charge is 2.21. The minimum atomic E-state index is -3.69. The number of sulfonamides is 1. The molecule has 1 N–H and O–H groups in total. The Morgan fingerprint density at radius 2 is 2.09 bits per heavy atom. The highest BCUT2D eigenvalue weighted by atomic mass is 35.5. The van der Waals surface area contributed by atoms with E-state index in [1.165, 1.54) is 17.5 Å². The molecular weight excluding hydrogens is 344 g/mol. The van der Waals surface area contributed by atoms with E-state index in [4.69, 9.17) is 16.1 Å². The number of thiophene rings is 1.